The maximum Gasteiger partial charge on any atom is 0.247 e. The van der Waals surface area contributed by atoms with Crippen LogP contribution in [0.2, 0.25) is 0 Å². The number of hydrogen-bond donors (Lipinski definition) is 0. The lowest BCUT2D eigenvalue weighted by Crippen LogP contribution is -2.36. The van der Waals surface area contributed by atoms with Crippen LogP contribution in [0.3, 0.4) is 0 Å². The molecule has 0 fully saturated rings. The SMILES string of the molecule is CC(=O)N1c2ccc(C)cc2-c2nnc(SCC(C)C)nc2O[C@H]1c1ccccc1C#N. The van der Waals surface area contributed by atoms with Gasteiger partial charge in [0, 0.05) is 23.8 Å². The van der Waals surface area contributed by atoms with E-state index in [1.54, 1.807) is 23.1 Å². The number of nitrogens with zero attached hydrogens (tertiary/aromatic N) is 5. The minimum atomic E-state index is -0.870. The van der Waals surface area contributed by atoms with Gasteiger partial charge < -0.3 is 4.74 Å². The largest absolute Gasteiger partial charge is 0.447 e. The molecule has 1 aliphatic heterocycles. The number of thioether (sulfide) groups is 1. The van der Waals surface area contributed by atoms with Gasteiger partial charge in [-0.2, -0.15) is 10.2 Å². The summed E-state index contributed by atoms with van der Waals surface area (Å²) in [5, 5.41) is 18.9. The van der Waals surface area contributed by atoms with Crippen LogP contribution >= 0.6 is 11.8 Å². The third-order valence-electron chi connectivity index (χ3n) is 4.99. The number of amides is 1. The number of benzene rings is 2. The second-order valence-corrected chi connectivity index (χ2v) is 9.02. The minimum absolute atomic E-state index is 0.219. The molecule has 2 heterocycles. The molecule has 1 aromatic heterocycles. The normalized spacial score (nSPS) is 14.8. The molecule has 1 aliphatic rings. The van der Waals surface area contributed by atoms with Crippen LogP contribution in [-0.2, 0) is 4.79 Å². The zero-order valence-corrected chi connectivity index (χ0v) is 19.2. The van der Waals surface area contributed by atoms with Crippen molar-refractivity contribution in [2.24, 2.45) is 5.92 Å². The highest BCUT2D eigenvalue weighted by Gasteiger charge is 2.35. The molecule has 7 nitrogen and oxygen atoms in total. The van der Waals surface area contributed by atoms with E-state index in [1.165, 1.54) is 18.7 Å². The van der Waals surface area contributed by atoms with E-state index in [-0.39, 0.29) is 5.91 Å². The number of aryl methyl sites for hydroxylation is 1. The number of aromatic nitrogens is 3. The predicted octanol–water partition coefficient (Wildman–Crippen LogP) is 4.91. The molecule has 2 aromatic carbocycles. The number of carbonyl (C=O) groups excluding carboxylic acids is 1. The monoisotopic (exact) mass is 445 g/mol. The quantitative estimate of drug-likeness (QED) is 0.527. The van der Waals surface area contributed by atoms with Gasteiger partial charge in [0.15, 0.2) is 5.69 Å². The summed E-state index contributed by atoms with van der Waals surface area (Å²) in [6.07, 6.45) is -0.870. The Morgan fingerprint density at radius 1 is 1.25 bits per heavy atom. The van der Waals surface area contributed by atoms with Crippen molar-refractivity contribution in [1.82, 2.24) is 15.2 Å². The van der Waals surface area contributed by atoms with E-state index in [4.69, 9.17) is 4.74 Å². The van der Waals surface area contributed by atoms with Crippen molar-refractivity contribution < 1.29 is 9.53 Å². The molecular formula is C24H23N5O2S. The maximum atomic E-state index is 12.9. The summed E-state index contributed by atoms with van der Waals surface area (Å²) in [6, 6.07) is 15.1. The average molecular weight is 446 g/mol. The second-order valence-electron chi connectivity index (χ2n) is 8.03. The van der Waals surface area contributed by atoms with Crippen LogP contribution in [0.25, 0.3) is 11.3 Å². The van der Waals surface area contributed by atoms with Gasteiger partial charge >= 0.3 is 0 Å². The molecule has 0 saturated carbocycles. The first-order chi connectivity index (χ1) is 15.4. The van der Waals surface area contributed by atoms with E-state index in [0.717, 1.165) is 11.3 Å². The van der Waals surface area contributed by atoms with Crippen molar-refractivity contribution >= 4 is 23.4 Å². The van der Waals surface area contributed by atoms with Gasteiger partial charge in [0.05, 0.1) is 17.3 Å². The van der Waals surface area contributed by atoms with Gasteiger partial charge in [-0.3, -0.25) is 9.69 Å². The van der Waals surface area contributed by atoms with Gasteiger partial charge in [0.25, 0.3) is 0 Å². The average Bonchev–Trinajstić information content (AvgIpc) is 2.91. The second kappa shape index (κ2) is 8.97. The smallest absolute Gasteiger partial charge is 0.247 e. The molecule has 4 rings (SSSR count). The number of hydrogen-bond acceptors (Lipinski definition) is 7. The fourth-order valence-electron chi connectivity index (χ4n) is 3.54. The summed E-state index contributed by atoms with van der Waals surface area (Å²) >= 11 is 1.51. The molecule has 162 valence electrons. The Balaban J connectivity index is 1.94. The van der Waals surface area contributed by atoms with Crippen LogP contribution in [0.15, 0.2) is 47.6 Å². The summed E-state index contributed by atoms with van der Waals surface area (Å²) in [6.45, 7) is 7.70. The zero-order valence-electron chi connectivity index (χ0n) is 18.4. The fraction of sp³-hybridized carbons (Fsp3) is 0.292. The lowest BCUT2D eigenvalue weighted by molar-refractivity contribution is -0.118. The van der Waals surface area contributed by atoms with E-state index in [1.807, 2.05) is 31.2 Å². The summed E-state index contributed by atoms with van der Waals surface area (Å²) in [4.78, 5) is 19.1. The van der Waals surface area contributed by atoms with Crippen molar-refractivity contribution in [3.05, 3.63) is 59.2 Å². The maximum absolute atomic E-state index is 12.9. The number of carbonyl (C=O) groups is 1. The molecule has 3 aromatic rings. The molecule has 1 atom stereocenters. The molecule has 0 aliphatic carbocycles. The molecule has 0 radical (unpaired) electrons. The Labute approximate surface area is 191 Å². The van der Waals surface area contributed by atoms with E-state index >= 15 is 0 Å². The lowest BCUT2D eigenvalue weighted by atomic mass is 10.0. The van der Waals surface area contributed by atoms with Crippen LogP contribution in [0, 0.1) is 24.2 Å². The Morgan fingerprint density at radius 2 is 2.03 bits per heavy atom. The number of anilines is 1. The summed E-state index contributed by atoms with van der Waals surface area (Å²) in [5.74, 6) is 1.38. The van der Waals surface area contributed by atoms with Crippen LogP contribution in [0.4, 0.5) is 5.69 Å². The zero-order chi connectivity index (χ0) is 22.8. The van der Waals surface area contributed by atoms with E-state index in [2.05, 4.69) is 35.1 Å². The lowest BCUT2D eigenvalue weighted by Gasteiger charge is -2.30. The molecule has 0 unspecified atom stereocenters. The molecule has 0 saturated heterocycles. The Bertz CT molecular complexity index is 1220. The molecule has 8 heteroatoms. The van der Waals surface area contributed by atoms with Gasteiger partial charge in [0.2, 0.25) is 23.2 Å². The van der Waals surface area contributed by atoms with Crippen molar-refractivity contribution in [2.75, 3.05) is 10.7 Å². The molecule has 0 bridgehead atoms. The highest BCUT2D eigenvalue weighted by atomic mass is 32.2. The van der Waals surface area contributed by atoms with Gasteiger partial charge in [0.1, 0.15) is 0 Å². The van der Waals surface area contributed by atoms with Crippen molar-refractivity contribution in [2.45, 2.75) is 39.1 Å². The number of rotatable bonds is 4. The van der Waals surface area contributed by atoms with E-state index < -0.39 is 6.23 Å². The van der Waals surface area contributed by atoms with Crippen LogP contribution < -0.4 is 9.64 Å². The molecule has 0 N–H and O–H groups in total. The van der Waals surface area contributed by atoms with E-state index in [9.17, 15) is 10.1 Å². The van der Waals surface area contributed by atoms with Gasteiger partial charge in [-0.25, -0.2) is 0 Å². The predicted molar refractivity (Wildman–Crippen MR) is 123 cm³/mol. The highest BCUT2D eigenvalue weighted by molar-refractivity contribution is 7.99. The molecule has 32 heavy (non-hydrogen) atoms. The van der Waals surface area contributed by atoms with Gasteiger partial charge in [-0.1, -0.05) is 55.4 Å². The third-order valence-corrected chi connectivity index (χ3v) is 6.26. The Hall–Kier alpha value is -3.44. The van der Waals surface area contributed by atoms with Crippen LogP contribution in [0.1, 0.15) is 43.7 Å². The minimum Gasteiger partial charge on any atom is -0.447 e. The van der Waals surface area contributed by atoms with Gasteiger partial charge in [-0.05, 0) is 31.0 Å². The molecule has 1 amide bonds. The van der Waals surface area contributed by atoms with Crippen LogP contribution in [-0.4, -0.2) is 26.8 Å². The summed E-state index contributed by atoms with van der Waals surface area (Å²) in [5.41, 5.74) is 3.85. The first kappa shape index (κ1) is 21.8. The third kappa shape index (κ3) is 4.16. The highest BCUT2D eigenvalue weighted by Crippen LogP contribution is 2.44. The Morgan fingerprint density at radius 3 is 2.75 bits per heavy atom. The Kier molecular flexibility index (Phi) is 6.10. The molecular weight excluding hydrogens is 422 g/mol. The van der Waals surface area contributed by atoms with Crippen molar-refractivity contribution in [3.63, 3.8) is 0 Å². The standard InChI is InChI=1S/C24H23N5O2S/c1-14(2)13-32-24-26-22-21(27-28-24)19-11-15(3)9-10-20(19)29(16(4)30)23(31-22)18-8-6-5-7-17(18)12-25/h5-11,14,23H,13H2,1-4H3/t23-/m0/s1. The van der Waals surface area contributed by atoms with Crippen molar-refractivity contribution in [3.8, 4) is 23.2 Å². The summed E-state index contributed by atoms with van der Waals surface area (Å²) < 4.78 is 6.36. The number of nitriles is 1. The fourth-order valence-corrected chi connectivity index (χ4v) is 4.27. The number of ether oxygens (including phenoxy) is 1. The topological polar surface area (TPSA) is 92.0 Å². The van der Waals surface area contributed by atoms with Gasteiger partial charge in [-0.15, -0.1) is 10.2 Å². The van der Waals surface area contributed by atoms with Crippen molar-refractivity contribution in [1.29, 1.82) is 5.26 Å². The first-order valence-corrected chi connectivity index (χ1v) is 11.3. The van der Waals surface area contributed by atoms with Crippen LogP contribution in [0.5, 0.6) is 5.88 Å². The van der Waals surface area contributed by atoms with E-state index in [0.29, 0.717) is 45.0 Å². The first-order valence-electron chi connectivity index (χ1n) is 10.3. The molecule has 0 spiro atoms. The summed E-state index contributed by atoms with van der Waals surface area (Å²) in [7, 11) is 0. The number of fused-ring (bicyclic) bond motifs is 3.